The van der Waals surface area contributed by atoms with Gasteiger partial charge in [-0.2, -0.15) is 5.10 Å². The van der Waals surface area contributed by atoms with Gasteiger partial charge >= 0.3 is 0 Å². The van der Waals surface area contributed by atoms with Crippen molar-refractivity contribution < 1.29 is 4.79 Å². The van der Waals surface area contributed by atoms with E-state index in [-0.39, 0.29) is 11.7 Å². The van der Waals surface area contributed by atoms with Gasteiger partial charge in [-0.3, -0.25) is 9.36 Å². The van der Waals surface area contributed by atoms with E-state index < -0.39 is 0 Å². The van der Waals surface area contributed by atoms with Gasteiger partial charge < -0.3 is 0 Å². The Morgan fingerprint density at radius 3 is 2.38 bits per heavy atom. The minimum Gasteiger partial charge on any atom is -0.272 e. The highest BCUT2D eigenvalue weighted by Gasteiger charge is 2.17. The summed E-state index contributed by atoms with van der Waals surface area (Å²) in [6.07, 6.45) is 1.67. The lowest BCUT2D eigenvalue weighted by Gasteiger charge is -2.11. The van der Waals surface area contributed by atoms with Gasteiger partial charge in [-0.25, -0.2) is 5.43 Å². The molecular weight excluding hydrogens is 438 g/mol. The van der Waals surface area contributed by atoms with Crippen LogP contribution in [0.3, 0.4) is 0 Å². The number of aryl methyl sites for hydroxylation is 3. The van der Waals surface area contributed by atoms with Gasteiger partial charge in [0.15, 0.2) is 11.0 Å². The Bertz CT molecular complexity index is 1240. The molecule has 0 aliphatic carbocycles. The molecule has 2 heterocycles. The minimum atomic E-state index is -0.198. The third-order valence-electron chi connectivity index (χ3n) is 4.84. The second-order valence-electron chi connectivity index (χ2n) is 7.39. The number of carbonyl (C=O) groups excluding carboxylic acids is 1. The van der Waals surface area contributed by atoms with Gasteiger partial charge in [0.1, 0.15) is 0 Å². The van der Waals surface area contributed by atoms with Crippen molar-refractivity contribution in [3.63, 3.8) is 0 Å². The van der Waals surface area contributed by atoms with E-state index in [1.165, 1.54) is 22.9 Å². The van der Waals surface area contributed by atoms with Crippen LogP contribution in [-0.2, 0) is 4.79 Å². The van der Waals surface area contributed by atoms with Gasteiger partial charge in [-0.1, -0.05) is 59.3 Å². The van der Waals surface area contributed by atoms with Crippen molar-refractivity contribution in [1.29, 1.82) is 0 Å². The molecule has 4 aromatic rings. The van der Waals surface area contributed by atoms with Crippen molar-refractivity contribution >= 4 is 35.2 Å². The Morgan fingerprint density at radius 2 is 1.72 bits per heavy atom. The van der Waals surface area contributed by atoms with E-state index in [2.05, 4.69) is 58.8 Å². The molecular formula is C24H23N5OS2. The van der Waals surface area contributed by atoms with Gasteiger partial charge in [-0.15, -0.1) is 21.5 Å². The number of nitrogens with one attached hydrogen (secondary N) is 1. The number of rotatable bonds is 7. The average Bonchev–Trinajstić information content (AvgIpc) is 3.40. The fraction of sp³-hybridized carbons (Fsp3) is 0.167. The number of thiophene rings is 1. The fourth-order valence-corrected chi connectivity index (χ4v) is 4.55. The van der Waals surface area contributed by atoms with Gasteiger partial charge in [0, 0.05) is 16.1 Å². The van der Waals surface area contributed by atoms with Gasteiger partial charge in [0.05, 0.1) is 12.0 Å². The topological polar surface area (TPSA) is 72.2 Å². The summed E-state index contributed by atoms with van der Waals surface area (Å²) < 4.78 is 1.99. The molecule has 0 spiro atoms. The van der Waals surface area contributed by atoms with Crippen LogP contribution in [0.1, 0.15) is 21.6 Å². The Labute approximate surface area is 195 Å². The first-order valence-electron chi connectivity index (χ1n) is 10.1. The Balaban J connectivity index is 1.53. The molecule has 4 rings (SSSR count). The molecule has 1 N–H and O–H groups in total. The Hall–Kier alpha value is -3.23. The summed E-state index contributed by atoms with van der Waals surface area (Å²) in [6, 6.07) is 18.4. The van der Waals surface area contributed by atoms with Crippen LogP contribution >= 0.6 is 23.1 Å². The van der Waals surface area contributed by atoms with E-state index in [0.29, 0.717) is 5.16 Å². The lowest BCUT2D eigenvalue weighted by Crippen LogP contribution is -2.20. The average molecular weight is 462 g/mol. The van der Waals surface area contributed by atoms with Crippen LogP contribution in [0, 0.1) is 20.8 Å². The molecule has 0 saturated heterocycles. The van der Waals surface area contributed by atoms with Crippen LogP contribution in [0.15, 0.2) is 70.2 Å². The lowest BCUT2D eigenvalue weighted by atomic mass is 10.1. The molecule has 0 bridgehead atoms. The number of hydrogen-bond donors (Lipinski definition) is 1. The fourth-order valence-electron chi connectivity index (χ4n) is 3.02. The van der Waals surface area contributed by atoms with Crippen LogP contribution < -0.4 is 5.43 Å². The molecule has 0 unspecified atom stereocenters. The predicted molar refractivity (Wildman–Crippen MR) is 132 cm³/mol. The maximum Gasteiger partial charge on any atom is 0.250 e. The highest BCUT2D eigenvalue weighted by atomic mass is 32.2. The largest absolute Gasteiger partial charge is 0.272 e. The maximum atomic E-state index is 12.3. The van der Waals surface area contributed by atoms with Gasteiger partial charge in [0.2, 0.25) is 0 Å². The number of benzene rings is 2. The SMILES string of the molecule is Cc1ccc(-c2nnc(SCC(=O)NN=Cc3sccc3C)n2-c2ccc(C)cc2)cc1. The Kier molecular flexibility index (Phi) is 6.82. The molecule has 2 aromatic heterocycles. The molecule has 0 saturated carbocycles. The summed E-state index contributed by atoms with van der Waals surface area (Å²) in [4.78, 5) is 13.4. The van der Waals surface area contributed by atoms with E-state index in [1.54, 1.807) is 17.6 Å². The molecule has 162 valence electrons. The van der Waals surface area contributed by atoms with E-state index in [1.807, 2.05) is 47.2 Å². The summed E-state index contributed by atoms with van der Waals surface area (Å²) in [5, 5.41) is 15.5. The molecule has 1 amide bonds. The highest BCUT2D eigenvalue weighted by molar-refractivity contribution is 7.99. The van der Waals surface area contributed by atoms with E-state index >= 15 is 0 Å². The van der Waals surface area contributed by atoms with Crippen LogP contribution in [0.2, 0.25) is 0 Å². The molecule has 0 fully saturated rings. The molecule has 2 aromatic carbocycles. The van der Waals surface area contributed by atoms with E-state index in [0.717, 1.165) is 27.5 Å². The molecule has 8 heteroatoms. The van der Waals surface area contributed by atoms with Crippen LogP contribution in [-0.4, -0.2) is 32.6 Å². The van der Waals surface area contributed by atoms with Crippen molar-refractivity contribution in [3.8, 4) is 17.1 Å². The van der Waals surface area contributed by atoms with Gasteiger partial charge in [0.25, 0.3) is 5.91 Å². The maximum absolute atomic E-state index is 12.3. The molecule has 6 nitrogen and oxygen atoms in total. The zero-order valence-electron chi connectivity index (χ0n) is 18.1. The quantitative estimate of drug-likeness (QED) is 0.234. The first-order valence-corrected chi connectivity index (χ1v) is 12.0. The third kappa shape index (κ3) is 5.15. The number of aromatic nitrogens is 3. The highest BCUT2D eigenvalue weighted by Crippen LogP contribution is 2.28. The van der Waals surface area contributed by atoms with Crippen molar-refractivity contribution in [2.75, 3.05) is 5.75 Å². The molecule has 32 heavy (non-hydrogen) atoms. The third-order valence-corrected chi connectivity index (χ3v) is 6.72. The molecule has 0 radical (unpaired) electrons. The standard InChI is InChI=1S/C24H23N5OS2/c1-16-4-8-19(9-5-16)23-27-28-24(29(23)20-10-6-17(2)7-11-20)32-15-22(30)26-25-14-21-18(3)12-13-31-21/h4-14H,15H2,1-3H3,(H,26,30). The summed E-state index contributed by atoms with van der Waals surface area (Å²) in [6.45, 7) is 6.12. The normalized spacial score (nSPS) is 11.2. The number of hydrazone groups is 1. The summed E-state index contributed by atoms with van der Waals surface area (Å²) in [7, 11) is 0. The minimum absolute atomic E-state index is 0.179. The van der Waals surface area contributed by atoms with Crippen LogP contribution in [0.4, 0.5) is 0 Å². The van der Waals surface area contributed by atoms with E-state index in [4.69, 9.17) is 0 Å². The van der Waals surface area contributed by atoms with Crippen molar-refractivity contribution in [1.82, 2.24) is 20.2 Å². The van der Waals surface area contributed by atoms with Crippen LogP contribution in [0.5, 0.6) is 0 Å². The predicted octanol–water partition coefficient (Wildman–Crippen LogP) is 5.16. The number of thioether (sulfide) groups is 1. The number of nitrogens with zero attached hydrogens (tertiary/aromatic N) is 4. The summed E-state index contributed by atoms with van der Waals surface area (Å²) in [5.74, 6) is 0.720. The molecule has 0 aliphatic heterocycles. The van der Waals surface area contributed by atoms with E-state index in [9.17, 15) is 4.79 Å². The molecule has 0 aliphatic rings. The Morgan fingerprint density at radius 1 is 1.03 bits per heavy atom. The summed E-state index contributed by atoms with van der Waals surface area (Å²) in [5.41, 5.74) is 8.00. The zero-order chi connectivity index (χ0) is 22.5. The van der Waals surface area contributed by atoms with Crippen molar-refractivity contribution in [2.24, 2.45) is 5.10 Å². The first kappa shape index (κ1) is 22.0. The molecule has 0 atom stereocenters. The van der Waals surface area contributed by atoms with Gasteiger partial charge in [-0.05, 0) is 49.9 Å². The monoisotopic (exact) mass is 461 g/mol. The number of carbonyl (C=O) groups is 1. The lowest BCUT2D eigenvalue weighted by molar-refractivity contribution is -0.118. The zero-order valence-corrected chi connectivity index (χ0v) is 19.7. The first-order chi connectivity index (χ1) is 15.5. The van der Waals surface area contributed by atoms with Crippen LogP contribution in [0.25, 0.3) is 17.1 Å². The van der Waals surface area contributed by atoms with Crippen molar-refractivity contribution in [2.45, 2.75) is 25.9 Å². The van der Waals surface area contributed by atoms with Crippen molar-refractivity contribution in [3.05, 3.63) is 81.5 Å². The second-order valence-corrected chi connectivity index (χ2v) is 9.28. The second kappa shape index (κ2) is 9.93. The smallest absolute Gasteiger partial charge is 0.250 e. The number of amides is 1. The summed E-state index contributed by atoms with van der Waals surface area (Å²) >= 11 is 2.92. The number of hydrogen-bond acceptors (Lipinski definition) is 6.